The summed E-state index contributed by atoms with van der Waals surface area (Å²) in [6.45, 7) is 21.3. The second-order valence-corrected chi connectivity index (χ2v) is 16.4. The number of hydrogen-bond donors (Lipinski definition) is 1. The van der Waals surface area contributed by atoms with Gasteiger partial charge < -0.3 is 20.0 Å². The van der Waals surface area contributed by atoms with Crippen LogP contribution in [0.5, 0.6) is 0 Å². The first-order chi connectivity index (χ1) is 23.6. The van der Waals surface area contributed by atoms with Gasteiger partial charge in [0.15, 0.2) is 0 Å². The summed E-state index contributed by atoms with van der Waals surface area (Å²) in [6.07, 6.45) is 6.20. The number of piperidine rings is 1. The molecule has 0 bridgehead atoms. The number of piperazine rings is 1. The summed E-state index contributed by atoms with van der Waals surface area (Å²) in [5.41, 5.74) is 1.28. The van der Waals surface area contributed by atoms with Gasteiger partial charge in [-0.2, -0.15) is 0 Å². The summed E-state index contributed by atoms with van der Waals surface area (Å²) in [5.74, 6) is -0.365. The van der Waals surface area contributed by atoms with Crippen LogP contribution in [0.2, 0.25) is 0 Å². The minimum absolute atomic E-state index is 0.0148. The quantitative estimate of drug-likeness (QED) is 0.342. The van der Waals surface area contributed by atoms with Crippen molar-refractivity contribution in [3.05, 3.63) is 47.5 Å². The number of benzene rings is 1. The lowest BCUT2D eigenvalue weighted by Crippen LogP contribution is -2.60. The fourth-order valence-corrected chi connectivity index (χ4v) is 7.84. The van der Waals surface area contributed by atoms with Gasteiger partial charge in [-0.1, -0.05) is 77.4 Å². The van der Waals surface area contributed by atoms with Crippen molar-refractivity contribution >= 4 is 23.6 Å². The number of likely N-dealkylation sites (N-methyl/N-ethyl adjacent to an activating group) is 1. The number of rotatable bonds is 11. The maximum absolute atomic E-state index is 14.2. The first-order valence-corrected chi connectivity index (χ1v) is 19.0. The predicted molar refractivity (Wildman–Crippen MR) is 199 cm³/mol. The molecule has 4 amide bonds. The van der Waals surface area contributed by atoms with E-state index in [0.717, 1.165) is 51.9 Å². The van der Waals surface area contributed by atoms with Crippen LogP contribution in [0.4, 0.5) is 0 Å². The Morgan fingerprint density at radius 2 is 1.52 bits per heavy atom. The smallest absolute Gasteiger partial charge is 0.249 e. The van der Waals surface area contributed by atoms with Gasteiger partial charge in [-0.25, -0.2) is 0 Å². The molecule has 1 aromatic carbocycles. The number of nitrogens with zero attached hydrogens (tertiary/aromatic N) is 5. The number of carbonyl (C=O) groups excluding carboxylic acids is 4. The number of amides is 4. The monoisotopic (exact) mass is 692 g/mol. The lowest BCUT2D eigenvalue weighted by atomic mass is 9.84. The summed E-state index contributed by atoms with van der Waals surface area (Å²) in [7, 11) is 1.77. The van der Waals surface area contributed by atoms with Crippen LogP contribution in [-0.2, 0) is 25.7 Å². The minimum Gasteiger partial charge on any atom is -0.342 e. The van der Waals surface area contributed by atoms with Crippen molar-refractivity contribution in [3.8, 4) is 0 Å². The van der Waals surface area contributed by atoms with Crippen molar-refractivity contribution in [2.24, 2.45) is 11.3 Å². The molecule has 278 valence electrons. The molecule has 3 saturated heterocycles. The third kappa shape index (κ3) is 9.75. The van der Waals surface area contributed by atoms with E-state index in [1.165, 1.54) is 5.56 Å². The second-order valence-electron chi connectivity index (χ2n) is 16.4. The molecule has 50 heavy (non-hydrogen) atoms. The van der Waals surface area contributed by atoms with E-state index in [2.05, 4.69) is 53.2 Å². The first-order valence-electron chi connectivity index (χ1n) is 19.0. The zero-order chi connectivity index (χ0) is 36.7. The molecule has 0 spiro atoms. The van der Waals surface area contributed by atoms with Gasteiger partial charge in [-0.05, 0) is 69.9 Å². The molecule has 10 heteroatoms. The Morgan fingerprint density at radius 3 is 2.12 bits per heavy atom. The van der Waals surface area contributed by atoms with E-state index in [-0.39, 0.29) is 47.7 Å². The van der Waals surface area contributed by atoms with Gasteiger partial charge in [0.2, 0.25) is 23.6 Å². The summed E-state index contributed by atoms with van der Waals surface area (Å²) < 4.78 is 0. The Balaban J connectivity index is 1.42. The van der Waals surface area contributed by atoms with Gasteiger partial charge in [0, 0.05) is 57.9 Å². The molecule has 0 aliphatic carbocycles. The van der Waals surface area contributed by atoms with Gasteiger partial charge in [0.25, 0.3) is 0 Å². The molecular weight excluding hydrogens is 628 g/mol. The van der Waals surface area contributed by atoms with Gasteiger partial charge in [-0.3, -0.25) is 29.0 Å². The van der Waals surface area contributed by atoms with Crippen LogP contribution in [-0.4, -0.2) is 125 Å². The average Bonchev–Trinajstić information content (AvgIpc) is 3.58. The van der Waals surface area contributed by atoms with Crippen LogP contribution >= 0.6 is 0 Å². The fourth-order valence-electron chi connectivity index (χ4n) is 7.84. The SMILES string of the molecule is C/C(=C\[C@H](C(C)C)N(C)C(=O)C(NC(=O)C1CCCCN1C(C)C)C(C)(C)C)C(=O)N1CCC[C@H]1C(=O)N1CCN(Cc2ccccc2)CC1. The van der Waals surface area contributed by atoms with E-state index in [0.29, 0.717) is 31.6 Å². The van der Waals surface area contributed by atoms with Gasteiger partial charge in [0.05, 0.1) is 12.1 Å². The van der Waals surface area contributed by atoms with Gasteiger partial charge in [-0.15, -0.1) is 0 Å². The largest absolute Gasteiger partial charge is 0.342 e. The van der Waals surface area contributed by atoms with Crippen LogP contribution in [0, 0.1) is 11.3 Å². The summed E-state index contributed by atoms with van der Waals surface area (Å²) in [6, 6.07) is 8.83. The topological polar surface area (TPSA) is 96.5 Å². The molecule has 0 radical (unpaired) electrons. The predicted octanol–water partition coefficient (Wildman–Crippen LogP) is 4.54. The van der Waals surface area contributed by atoms with E-state index in [9.17, 15) is 19.2 Å². The van der Waals surface area contributed by atoms with Crippen molar-refractivity contribution in [1.29, 1.82) is 0 Å². The highest BCUT2D eigenvalue weighted by Crippen LogP contribution is 2.27. The highest BCUT2D eigenvalue weighted by atomic mass is 16.2. The molecule has 0 saturated carbocycles. The zero-order valence-corrected chi connectivity index (χ0v) is 32.3. The molecule has 1 aromatic rings. The maximum atomic E-state index is 14.2. The van der Waals surface area contributed by atoms with Crippen LogP contribution in [0.25, 0.3) is 0 Å². The molecule has 3 aliphatic heterocycles. The fraction of sp³-hybridized carbons (Fsp3) is 0.700. The van der Waals surface area contributed by atoms with Crippen LogP contribution in [0.15, 0.2) is 42.0 Å². The molecule has 4 rings (SSSR count). The van der Waals surface area contributed by atoms with E-state index < -0.39 is 17.5 Å². The summed E-state index contributed by atoms with van der Waals surface area (Å²) >= 11 is 0. The Labute approximate surface area is 301 Å². The second kappa shape index (κ2) is 17.3. The number of carbonyl (C=O) groups is 4. The lowest BCUT2D eigenvalue weighted by molar-refractivity contribution is -0.143. The third-order valence-electron chi connectivity index (χ3n) is 10.9. The standard InChI is InChI=1S/C40H64N6O4/c1-28(2)34(42(9)39(50)35(40(6,7)8)41-36(47)32-18-13-14-20-45(32)29(3)4)26-30(5)37(48)46-21-15-19-33(46)38(49)44-24-22-43(23-25-44)27-31-16-11-10-12-17-31/h10-12,16-17,26,28-29,32-35H,13-15,18-25,27H2,1-9H3,(H,41,47)/b30-26+/t32?,33-,34+,35?/m0/s1. The van der Waals surface area contributed by atoms with Crippen molar-refractivity contribution in [2.75, 3.05) is 46.3 Å². The molecule has 3 fully saturated rings. The summed E-state index contributed by atoms with van der Waals surface area (Å²) in [4.78, 5) is 65.6. The van der Waals surface area contributed by atoms with Crippen molar-refractivity contribution in [1.82, 2.24) is 29.8 Å². The van der Waals surface area contributed by atoms with Crippen LogP contribution in [0.1, 0.15) is 93.1 Å². The highest BCUT2D eigenvalue weighted by molar-refractivity contribution is 5.97. The Hall–Kier alpha value is -3.24. The molecule has 4 atom stereocenters. The minimum atomic E-state index is -0.727. The number of hydrogen-bond acceptors (Lipinski definition) is 6. The van der Waals surface area contributed by atoms with E-state index in [4.69, 9.17) is 0 Å². The molecular formula is C40H64N6O4. The van der Waals surface area contributed by atoms with Crippen molar-refractivity contribution < 1.29 is 19.2 Å². The third-order valence-corrected chi connectivity index (χ3v) is 10.9. The molecule has 10 nitrogen and oxygen atoms in total. The Kier molecular flexibility index (Phi) is 13.7. The number of nitrogens with one attached hydrogen (secondary N) is 1. The highest BCUT2D eigenvalue weighted by Gasteiger charge is 2.41. The van der Waals surface area contributed by atoms with Gasteiger partial charge in [0.1, 0.15) is 12.1 Å². The molecule has 2 unspecified atom stereocenters. The first kappa shape index (κ1) is 39.5. The van der Waals surface area contributed by atoms with E-state index in [1.807, 2.05) is 51.7 Å². The van der Waals surface area contributed by atoms with Gasteiger partial charge >= 0.3 is 0 Å². The van der Waals surface area contributed by atoms with Crippen LogP contribution < -0.4 is 5.32 Å². The average molecular weight is 693 g/mol. The lowest BCUT2D eigenvalue weighted by Gasteiger charge is -2.41. The van der Waals surface area contributed by atoms with E-state index >= 15 is 0 Å². The zero-order valence-electron chi connectivity index (χ0n) is 32.3. The van der Waals surface area contributed by atoms with Crippen molar-refractivity contribution in [2.45, 2.75) is 124 Å². The molecule has 1 N–H and O–H groups in total. The number of likely N-dealkylation sites (tertiary alicyclic amines) is 2. The summed E-state index contributed by atoms with van der Waals surface area (Å²) in [5, 5.41) is 3.16. The molecule has 3 aliphatic rings. The normalized spacial score (nSPS) is 22.5. The Morgan fingerprint density at radius 1 is 0.880 bits per heavy atom. The Bertz CT molecular complexity index is 1350. The van der Waals surface area contributed by atoms with Crippen molar-refractivity contribution in [3.63, 3.8) is 0 Å². The maximum Gasteiger partial charge on any atom is 0.249 e. The van der Waals surface area contributed by atoms with Crippen LogP contribution in [0.3, 0.4) is 0 Å². The molecule has 0 aromatic heterocycles. The van der Waals surface area contributed by atoms with E-state index in [1.54, 1.807) is 23.8 Å². The molecule has 3 heterocycles.